The van der Waals surface area contributed by atoms with Crippen molar-refractivity contribution in [3.63, 3.8) is 0 Å². The number of hydrogen-bond acceptors (Lipinski definition) is 1. The van der Waals surface area contributed by atoms with Crippen LogP contribution in [0.15, 0.2) is 85.0 Å². The number of unbranched alkanes of at least 4 members (excludes halogenated alkanes) is 3. The molecular weight excluding hydrogens is 507 g/mol. The van der Waals surface area contributed by atoms with Crippen molar-refractivity contribution in [1.82, 2.24) is 0 Å². The van der Waals surface area contributed by atoms with Crippen molar-refractivity contribution in [1.29, 1.82) is 0 Å². The van der Waals surface area contributed by atoms with Crippen molar-refractivity contribution >= 4 is 41.3 Å². The van der Waals surface area contributed by atoms with E-state index >= 15 is 0 Å². The van der Waals surface area contributed by atoms with E-state index in [1.54, 1.807) is 0 Å². The van der Waals surface area contributed by atoms with Crippen LogP contribution < -0.4 is 10.4 Å². The normalized spacial score (nSPS) is 12.8. The average molecular weight is 547 g/mol. The molecule has 0 aliphatic heterocycles. The number of benzene rings is 2. The van der Waals surface area contributed by atoms with E-state index in [1.807, 2.05) is 0 Å². The second-order valence-corrected chi connectivity index (χ2v) is 14.4. The molecule has 1 nitrogen and oxygen atoms in total. The topological polar surface area (TPSA) is 9.23 Å². The lowest BCUT2D eigenvalue weighted by Crippen LogP contribution is -2.66. The van der Waals surface area contributed by atoms with E-state index in [2.05, 4.69) is 128 Å². The molecule has 0 spiro atoms. The van der Waals surface area contributed by atoms with E-state index in [9.17, 15) is 0 Å². The minimum Gasteiger partial charge on any atom is -0.407 e. The lowest BCUT2D eigenvalue weighted by atomic mass is 10.2. The molecule has 0 N–H and O–H groups in total. The summed E-state index contributed by atoms with van der Waals surface area (Å²) in [6.07, 6.45) is 16.3. The minimum absolute atomic E-state index is 0.0447. The standard InChI is InChI=1S/C28H39IOSi/c1-28(2,3)31(26-20-14-12-15-21-26,27-22-16-13-17-23-27)30-25-19-11-9-7-5-4-6-8-10-18-24-29/h6,8-9,11-17,20-23H,4-5,7,10,18-19,24-25H2,1-3H3/b8-6-,11-9+. The van der Waals surface area contributed by atoms with Gasteiger partial charge < -0.3 is 4.43 Å². The van der Waals surface area contributed by atoms with Gasteiger partial charge in [-0.3, -0.25) is 0 Å². The molecule has 0 aromatic heterocycles. The summed E-state index contributed by atoms with van der Waals surface area (Å²) in [7, 11) is -2.39. The van der Waals surface area contributed by atoms with Crippen molar-refractivity contribution in [3.05, 3.63) is 85.0 Å². The van der Waals surface area contributed by atoms with Crippen LogP contribution in [-0.4, -0.2) is 19.4 Å². The molecule has 0 amide bonds. The van der Waals surface area contributed by atoms with Gasteiger partial charge in [0.1, 0.15) is 0 Å². The van der Waals surface area contributed by atoms with Crippen molar-refractivity contribution in [2.75, 3.05) is 11.0 Å². The minimum atomic E-state index is -2.39. The second kappa shape index (κ2) is 14.1. The molecule has 31 heavy (non-hydrogen) atoms. The Morgan fingerprint density at radius 2 is 1.16 bits per heavy atom. The second-order valence-electron chi connectivity index (χ2n) is 9.01. The smallest absolute Gasteiger partial charge is 0.261 e. The van der Waals surface area contributed by atoms with Crippen molar-refractivity contribution in [2.24, 2.45) is 0 Å². The molecule has 0 unspecified atom stereocenters. The number of hydrogen-bond donors (Lipinski definition) is 0. The molecular formula is C28H39IOSi. The third kappa shape index (κ3) is 8.03. The van der Waals surface area contributed by atoms with E-state index in [4.69, 9.17) is 4.43 Å². The van der Waals surface area contributed by atoms with Gasteiger partial charge in [0.25, 0.3) is 8.32 Å². The lowest BCUT2D eigenvalue weighted by Gasteiger charge is -2.43. The predicted octanol–water partition coefficient (Wildman–Crippen LogP) is 7.45. The van der Waals surface area contributed by atoms with Crippen LogP contribution in [0, 0.1) is 0 Å². The first-order valence-electron chi connectivity index (χ1n) is 11.6. The maximum Gasteiger partial charge on any atom is 0.261 e. The Labute approximate surface area is 205 Å². The van der Waals surface area contributed by atoms with Crippen LogP contribution in [0.1, 0.15) is 59.3 Å². The predicted molar refractivity (Wildman–Crippen MR) is 148 cm³/mol. The number of allylic oxidation sites excluding steroid dienone is 3. The highest BCUT2D eigenvalue weighted by molar-refractivity contribution is 14.1. The first kappa shape index (κ1) is 26.1. The highest BCUT2D eigenvalue weighted by Crippen LogP contribution is 2.36. The zero-order valence-electron chi connectivity index (χ0n) is 19.5. The van der Waals surface area contributed by atoms with Gasteiger partial charge in [0.15, 0.2) is 0 Å². The van der Waals surface area contributed by atoms with Crippen LogP contribution in [0.3, 0.4) is 0 Å². The van der Waals surface area contributed by atoms with Gasteiger partial charge in [0.2, 0.25) is 0 Å². The Hall–Kier alpha value is -1.17. The van der Waals surface area contributed by atoms with Gasteiger partial charge in [-0.05, 0) is 58.4 Å². The molecule has 0 heterocycles. The van der Waals surface area contributed by atoms with E-state index in [0.29, 0.717) is 0 Å². The first-order chi connectivity index (χ1) is 15.0. The Balaban J connectivity index is 1.98. The highest BCUT2D eigenvalue weighted by Gasteiger charge is 2.49. The summed E-state index contributed by atoms with van der Waals surface area (Å²) in [4.78, 5) is 0. The molecule has 0 aliphatic carbocycles. The SMILES string of the molecule is CC(C)(C)[Si](OCC/C=C/CCC/C=C\CCCI)(c1ccccc1)c1ccccc1. The molecule has 0 saturated heterocycles. The van der Waals surface area contributed by atoms with E-state index in [-0.39, 0.29) is 5.04 Å². The Morgan fingerprint density at radius 3 is 1.61 bits per heavy atom. The molecule has 0 atom stereocenters. The van der Waals surface area contributed by atoms with Crippen LogP contribution in [0.5, 0.6) is 0 Å². The highest BCUT2D eigenvalue weighted by atomic mass is 127. The lowest BCUT2D eigenvalue weighted by molar-refractivity contribution is 0.304. The number of alkyl halides is 1. The van der Waals surface area contributed by atoms with Crippen LogP contribution in [-0.2, 0) is 4.43 Å². The average Bonchev–Trinajstić information content (AvgIpc) is 2.77. The molecule has 3 heteroatoms. The van der Waals surface area contributed by atoms with Gasteiger partial charge in [-0.2, -0.15) is 0 Å². The summed E-state index contributed by atoms with van der Waals surface area (Å²) < 4.78 is 8.18. The molecule has 168 valence electrons. The number of rotatable bonds is 13. The Bertz CT molecular complexity index is 738. The summed E-state index contributed by atoms with van der Waals surface area (Å²) >= 11 is 2.44. The summed E-state index contributed by atoms with van der Waals surface area (Å²) in [5, 5.41) is 2.75. The van der Waals surface area contributed by atoms with Crippen LogP contribution in [0.2, 0.25) is 5.04 Å². The monoisotopic (exact) mass is 546 g/mol. The molecule has 0 radical (unpaired) electrons. The quantitative estimate of drug-likeness (QED) is 0.0834. The molecule has 2 rings (SSSR count). The van der Waals surface area contributed by atoms with Crippen LogP contribution in [0.25, 0.3) is 0 Å². The van der Waals surface area contributed by atoms with Gasteiger partial charge >= 0.3 is 0 Å². The maximum absolute atomic E-state index is 6.92. The fourth-order valence-electron chi connectivity index (χ4n) is 4.06. The Morgan fingerprint density at radius 1 is 0.710 bits per heavy atom. The third-order valence-electron chi connectivity index (χ3n) is 5.60. The molecule has 0 saturated carbocycles. The molecule has 0 aliphatic rings. The molecule has 2 aromatic rings. The molecule has 0 bridgehead atoms. The first-order valence-corrected chi connectivity index (χ1v) is 15.1. The fraction of sp³-hybridized carbons (Fsp3) is 0.429. The van der Waals surface area contributed by atoms with Crippen molar-refractivity contribution in [2.45, 2.75) is 64.3 Å². The molecule has 2 aromatic carbocycles. The zero-order chi connectivity index (χ0) is 22.4. The third-order valence-corrected chi connectivity index (χ3v) is 11.4. The van der Waals surface area contributed by atoms with E-state index in [1.165, 1.54) is 40.5 Å². The Kier molecular flexibility index (Phi) is 11.8. The van der Waals surface area contributed by atoms with Gasteiger partial charge in [0, 0.05) is 6.61 Å². The van der Waals surface area contributed by atoms with Crippen molar-refractivity contribution < 1.29 is 4.43 Å². The van der Waals surface area contributed by atoms with Gasteiger partial charge in [-0.1, -0.05) is 128 Å². The van der Waals surface area contributed by atoms with Gasteiger partial charge in [-0.25, -0.2) is 0 Å². The van der Waals surface area contributed by atoms with Gasteiger partial charge in [-0.15, -0.1) is 0 Å². The largest absolute Gasteiger partial charge is 0.407 e. The summed E-state index contributed by atoms with van der Waals surface area (Å²) in [6, 6.07) is 21.8. The molecule has 0 fully saturated rings. The number of halogens is 1. The summed E-state index contributed by atoms with van der Waals surface area (Å²) in [5.41, 5.74) is 0. The summed E-state index contributed by atoms with van der Waals surface area (Å²) in [6.45, 7) is 7.77. The fourth-order valence-corrected chi connectivity index (χ4v) is 9.08. The van der Waals surface area contributed by atoms with Crippen molar-refractivity contribution in [3.8, 4) is 0 Å². The summed E-state index contributed by atoms with van der Waals surface area (Å²) in [5.74, 6) is 0. The van der Waals surface area contributed by atoms with E-state index < -0.39 is 8.32 Å². The van der Waals surface area contributed by atoms with Crippen LogP contribution >= 0.6 is 22.6 Å². The van der Waals surface area contributed by atoms with Crippen LogP contribution in [0.4, 0.5) is 0 Å². The van der Waals surface area contributed by atoms with E-state index in [0.717, 1.165) is 19.4 Å². The van der Waals surface area contributed by atoms with Gasteiger partial charge in [0.05, 0.1) is 0 Å². The maximum atomic E-state index is 6.92. The zero-order valence-corrected chi connectivity index (χ0v) is 22.7.